The van der Waals surface area contributed by atoms with Gasteiger partial charge in [-0.25, -0.2) is 15.0 Å². The molecule has 4 nitrogen and oxygen atoms in total. The zero-order chi connectivity index (χ0) is 13.1. The van der Waals surface area contributed by atoms with Crippen molar-refractivity contribution in [3.05, 3.63) is 47.2 Å². The van der Waals surface area contributed by atoms with Crippen LogP contribution in [-0.4, -0.2) is 21.0 Å². The minimum absolute atomic E-state index is 0.278. The molecule has 5 heteroatoms. The van der Waals surface area contributed by atoms with Crippen LogP contribution in [0.25, 0.3) is 10.9 Å². The highest BCUT2D eigenvalue weighted by molar-refractivity contribution is 7.07. The molecule has 1 atom stereocenters. The van der Waals surface area contributed by atoms with Crippen molar-refractivity contribution in [2.45, 2.75) is 19.4 Å². The van der Waals surface area contributed by atoms with Crippen LogP contribution in [-0.2, 0) is 6.42 Å². The number of nitrogens with zero attached hydrogens (tertiary/aromatic N) is 3. The summed E-state index contributed by atoms with van der Waals surface area (Å²) in [5.74, 6) is 0.883. The smallest absolute Gasteiger partial charge is 0.137 e. The Morgan fingerprint density at radius 1 is 1.21 bits per heavy atom. The third-order valence-corrected chi connectivity index (χ3v) is 3.56. The van der Waals surface area contributed by atoms with Gasteiger partial charge in [-0.15, -0.1) is 11.3 Å². The molecule has 0 amide bonds. The molecule has 1 unspecified atom stereocenters. The van der Waals surface area contributed by atoms with E-state index in [-0.39, 0.29) is 6.04 Å². The van der Waals surface area contributed by atoms with Crippen molar-refractivity contribution in [1.82, 2.24) is 15.0 Å². The monoisotopic (exact) mass is 270 g/mol. The number of anilines is 1. The van der Waals surface area contributed by atoms with Crippen molar-refractivity contribution in [1.29, 1.82) is 0 Å². The molecule has 0 aliphatic rings. The van der Waals surface area contributed by atoms with Crippen LogP contribution >= 0.6 is 11.3 Å². The van der Waals surface area contributed by atoms with Crippen molar-refractivity contribution in [2.24, 2.45) is 0 Å². The molecular formula is C14H14N4S. The van der Waals surface area contributed by atoms with Crippen molar-refractivity contribution < 1.29 is 0 Å². The quantitative estimate of drug-likeness (QED) is 0.791. The Labute approximate surface area is 115 Å². The first-order valence-electron chi connectivity index (χ1n) is 6.16. The van der Waals surface area contributed by atoms with Gasteiger partial charge in [0.15, 0.2) is 0 Å². The summed E-state index contributed by atoms with van der Waals surface area (Å²) in [7, 11) is 0. The zero-order valence-electron chi connectivity index (χ0n) is 10.6. The van der Waals surface area contributed by atoms with Gasteiger partial charge in [-0.1, -0.05) is 12.1 Å². The van der Waals surface area contributed by atoms with E-state index in [0.29, 0.717) is 0 Å². The Hall–Kier alpha value is -2.01. The Morgan fingerprint density at radius 3 is 2.95 bits per heavy atom. The maximum Gasteiger partial charge on any atom is 0.137 e. The molecule has 96 valence electrons. The van der Waals surface area contributed by atoms with Crippen LogP contribution in [0, 0.1) is 0 Å². The van der Waals surface area contributed by atoms with Crippen molar-refractivity contribution in [2.75, 3.05) is 5.32 Å². The van der Waals surface area contributed by atoms with Crippen LogP contribution in [0.2, 0.25) is 0 Å². The molecule has 0 fully saturated rings. The van der Waals surface area contributed by atoms with Gasteiger partial charge in [0.25, 0.3) is 0 Å². The van der Waals surface area contributed by atoms with E-state index in [0.717, 1.165) is 28.8 Å². The Bertz CT molecular complexity index is 661. The van der Waals surface area contributed by atoms with Gasteiger partial charge in [-0.05, 0) is 19.1 Å². The first-order valence-corrected chi connectivity index (χ1v) is 7.10. The number of nitrogens with one attached hydrogen (secondary N) is 1. The van der Waals surface area contributed by atoms with E-state index in [4.69, 9.17) is 0 Å². The Balaban J connectivity index is 1.81. The fraction of sp³-hybridized carbons (Fsp3) is 0.214. The number of hydrogen-bond donors (Lipinski definition) is 1. The fourth-order valence-corrected chi connectivity index (χ4v) is 2.63. The van der Waals surface area contributed by atoms with E-state index >= 15 is 0 Å². The highest BCUT2D eigenvalue weighted by Crippen LogP contribution is 2.19. The SMILES string of the molecule is CC(Cc1cscn1)Nc1ncnc2ccccc12. The summed E-state index contributed by atoms with van der Waals surface area (Å²) in [4.78, 5) is 12.9. The number of hydrogen-bond acceptors (Lipinski definition) is 5. The zero-order valence-corrected chi connectivity index (χ0v) is 11.4. The van der Waals surface area contributed by atoms with Gasteiger partial charge in [0.2, 0.25) is 0 Å². The summed E-state index contributed by atoms with van der Waals surface area (Å²) in [6.45, 7) is 2.14. The third kappa shape index (κ3) is 2.71. The number of fused-ring (bicyclic) bond motifs is 1. The lowest BCUT2D eigenvalue weighted by atomic mass is 10.2. The average molecular weight is 270 g/mol. The molecule has 0 radical (unpaired) electrons. The van der Waals surface area contributed by atoms with Crippen molar-refractivity contribution >= 4 is 28.1 Å². The largest absolute Gasteiger partial charge is 0.367 e. The predicted octanol–water partition coefficient (Wildman–Crippen LogP) is 3.13. The predicted molar refractivity (Wildman–Crippen MR) is 78.4 cm³/mol. The minimum Gasteiger partial charge on any atom is -0.367 e. The molecular weight excluding hydrogens is 256 g/mol. The van der Waals surface area contributed by atoms with Gasteiger partial charge in [-0.2, -0.15) is 0 Å². The van der Waals surface area contributed by atoms with Gasteiger partial charge in [0.05, 0.1) is 16.7 Å². The summed E-state index contributed by atoms with van der Waals surface area (Å²) in [5, 5.41) is 6.57. The molecule has 3 aromatic rings. The lowest BCUT2D eigenvalue weighted by Gasteiger charge is -2.14. The molecule has 0 spiro atoms. The first kappa shape index (κ1) is 12.0. The van der Waals surface area contributed by atoms with Gasteiger partial charge in [-0.3, -0.25) is 0 Å². The second-order valence-electron chi connectivity index (χ2n) is 4.47. The standard InChI is InChI=1S/C14H14N4S/c1-10(6-11-7-19-9-17-11)18-14-12-4-2-3-5-13(12)15-8-16-14/h2-5,7-10H,6H2,1H3,(H,15,16,18). The summed E-state index contributed by atoms with van der Waals surface area (Å²) in [5.41, 5.74) is 3.94. The van der Waals surface area contributed by atoms with E-state index in [1.165, 1.54) is 0 Å². The molecule has 19 heavy (non-hydrogen) atoms. The van der Waals surface area contributed by atoms with Crippen LogP contribution in [0.5, 0.6) is 0 Å². The number of para-hydroxylation sites is 1. The van der Waals surface area contributed by atoms with Crippen LogP contribution < -0.4 is 5.32 Å². The van der Waals surface area contributed by atoms with Gasteiger partial charge < -0.3 is 5.32 Å². The lowest BCUT2D eigenvalue weighted by molar-refractivity contribution is 0.771. The number of thiazole rings is 1. The van der Waals surface area contributed by atoms with E-state index in [1.807, 2.05) is 29.8 Å². The topological polar surface area (TPSA) is 50.7 Å². The third-order valence-electron chi connectivity index (χ3n) is 2.92. The van der Waals surface area contributed by atoms with Crippen LogP contribution in [0.4, 0.5) is 5.82 Å². The summed E-state index contributed by atoms with van der Waals surface area (Å²) < 4.78 is 0. The molecule has 3 rings (SSSR count). The van der Waals surface area contributed by atoms with Crippen molar-refractivity contribution in [3.8, 4) is 0 Å². The number of benzene rings is 1. The molecule has 0 bridgehead atoms. The summed E-state index contributed by atoms with van der Waals surface area (Å²) in [6.07, 6.45) is 2.49. The number of aromatic nitrogens is 3. The van der Waals surface area contributed by atoms with Gasteiger partial charge in [0.1, 0.15) is 12.1 Å². The van der Waals surface area contributed by atoms with E-state index in [2.05, 4.69) is 32.6 Å². The van der Waals surface area contributed by atoms with Gasteiger partial charge in [0, 0.05) is 23.2 Å². The second-order valence-corrected chi connectivity index (χ2v) is 5.19. The first-order chi connectivity index (χ1) is 9.33. The van der Waals surface area contributed by atoms with E-state index < -0.39 is 0 Å². The van der Waals surface area contributed by atoms with Crippen LogP contribution in [0.3, 0.4) is 0 Å². The molecule has 1 aromatic carbocycles. The number of rotatable bonds is 4. The molecule has 2 heterocycles. The van der Waals surface area contributed by atoms with Crippen molar-refractivity contribution in [3.63, 3.8) is 0 Å². The van der Waals surface area contributed by atoms with E-state index in [1.54, 1.807) is 17.7 Å². The normalized spacial score (nSPS) is 12.5. The van der Waals surface area contributed by atoms with Crippen LogP contribution in [0.1, 0.15) is 12.6 Å². The second kappa shape index (κ2) is 5.32. The highest BCUT2D eigenvalue weighted by atomic mass is 32.1. The molecule has 0 saturated heterocycles. The molecule has 0 aliphatic heterocycles. The summed E-state index contributed by atoms with van der Waals surface area (Å²) >= 11 is 1.63. The molecule has 0 aliphatic carbocycles. The minimum atomic E-state index is 0.278. The maximum absolute atomic E-state index is 4.34. The average Bonchev–Trinajstić information content (AvgIpc) is 2.92. The lowest BCUT2D eigenvalue weighted by Crippen LogP contribution is -2.19. The van der Waals surface area contributed by atoms with Crippen LogP contribution in [0.15, 0.2) is 41.5 Å². The summed E-state index contributed by atoms with van der Waals surface area (Å²) in [6, 6.07) is 8.29. The Kier molecular flexibility index (Phi) is 3.37. The highest BCUT2D eigenvalue weighted by Gasteiger charge is 2.08. The fourth-order valence-electron chi connectivity index (χ4n) is 2.06. The molecule has 1 N–H and O–H groups in total. The van der Waals surface area contributed by atoms with E-state index in [9.17, 15) is 0 Å². The Morgan fingerprint density at radius 2 is 2.11 bits per heavy atom. The molecule has 0 saturated carbocycles. The molecule has 2 aromatic heterocycles. The maximum atomic E-state index is 4.34. The van der Waals surface area contributed by atoms with Gasteiger partial charge >= 0.3 is 0 Å².